The van der Waals surface area contributed by atoms with Gasteiger partial charge in [-0.05, 0) is 31.4 Å². The quantitative estimate of drug-likeness (QED) is 0.705. The molecule has 18 heavy (non-hydrogen) atoms. The second-order valence-electron chi connectivity index (χ2n) is 4.87. The number of rotatable bonds is 0. The Kier molecular flexibility index (Phi) is 2.40. The summed E-state index contributed by atoms with van der Waals surface area (Å²) in [5.41, 5.74) is 3.33. The van der Waals surface area contributed by atoms with Crippen LogP contribution in [0.4, 0.5) is 13.2 Å². The van der Waals surface area contributed by atoms with Crippen molar-refractivity contribution in [1.82, 2.24) is 9.38 Å². The molecule has 1 aliphatic rings. The number of aryl methyl sites for hydroxylation is 2. The van der Waals surface area contributed by atoms with Crippen molar-refractivity contribution in [3.63, 3.8) is 0 Å². The first-order valence-electron chi connectivity index (χ1n) is 5.99. The average Bonchev–Trinajstić information content (AvgIpc) is 2.67. The highest BCUT2D eigenvalue weighted by Crippen LogP contribution is 2.37. The highest BCUT2D eigenvalue weighted by atomic mass is 19.4. The van der Waals surface area contributed by atoms with Crippen LogP contribution in [0.25, 0.3) is 5.65 Å². The highest BCUT2D eigenvalue weighted by Gasteiger charge is 2.42. The SMILES string of the molecule is Cc1cccn2c3c(nc12)CCC(C(F)(F)F)C3. The van der Waals surface area contributed by atoms with Gasteiger partial charge < -0.3 is 4.40 Å². The zero-order valence-electron chi connectivity index (χ0n) is 9.96. The Hall–Kier alpha value is -1.52. The fourth-order valence-corrected chi connectivity index (χ4v) is 2.64. The third-order valence-corrected chi connectivity index (χ3v) is 3.66. The molecule has 5 heteroatoms. The van der Waals surface area contributed by atoms with Gasteiger partial charge in [0.15, 0.2) is 0 Å². The monoisotopic (exact) mass is 254 g/mol. The van der Waals surface area contributed by atoms with Gasteiger partial charge >= 0.3 is 6.18 Å². The van der Waals surface area contributed by atoms with Gasteiger partial charge in [0.1, 0.15) is 5.65 Å². The van der Waals surface area contributed by atoms with E-state index in [9.17, 15) is 13.2 Å². The van der Waals surface area contributed by atoms with E-state index < -0.39 is 12.1 Å². The molecule has 0 aromatic carbocycles. The van der Waals surface area contributed by atoms with Gasteiger partial charge in [-0.25, -0.2) is 4.98 Å². The lowest BCUT2D eigenvalue weighted by Gasteiger charge is -2.24. The summed E-state index contributed by atoms with van der Waals surface area (Å²) in [5.74, 6) is -1.23. The van der Waals surface area contributed by atoms with E-state index >= 15 is 0 Å². The molecule has 0 radical (unpaired) electrons. The number of fused-ring (bicyclic) bond motifs is 3. The van der Waals surface area contributed by atoms with Crippen LogP contribution in [-0.4, -0.2) is 15.6 Å². The molecule has 3 rings (SSSR count). The zero-order valence-corrected chi connectivity index (χ0v) is 9.96. The number of imidazole rings is 1. The van der Waals surface area contributed by atoms with Gasteiger partial charge in [-0.3, -0.25) is 0 Å². The van der Waals surface area contributed by atoms with E-state index in [-0.39, 0.29) is 12.8 Å². The molecule has 0 aliphatic heterocycles. The van der Waals surface area contributed by atoms with E-state index in [4.69, 9.17) is 0 Å². The third-order valence-electron chi connectivity index (χ3n) is 3.66. The number of alkyl halides is 3. The van der Waals surface area contributed by atoms with Crippen molar-refractivity contribution in [2.45, 2.75) is 32.4 Å². The van der Waals surface area contributed by atoms with Crippen LogP contribution in [0.1, 0.15) is 23.4 Å². The summed E-state index contributed by atoms with van der Waals surface area (Å²) < 4.78 is 40.2. The highest BCUT2D eigenvalue weighted by molar-refractivity contribution is 5.50. The van der Waals surface area contributed by atoms with Crippen LogP contribution in [0.5, 0.6) is 0 Å². The van der Waals surface area contributed by atoms with E-state index in [1.54, 1.807) is 6.20 Å². The van der Waals surface area contributed by atoms with Crippen molar-refractivity contribution in [3.8, 4) is 0 Å². The van der Waals surface area contributed by atoms with Crippen molar-refractivity contribution < 1.29 is 13.2 Å². The molecular weight excluding hydrogens is 241 g/mol. The molecule has 0 bridgehead atoms. The summed E-state index contributed by atoms with van der Waals surface area (Å²) in [5, 5.41) is 0. The first-order chi connectivity index (χ1) is 8.47. The molecule has 0 saturated heterocycles. The molecule has 0 spiro atoms. The summed E-state index contributed by atoms with van der Waals surface area (Å²) in [6, 6.07) is 3.77. The van der Waals surface area contributed by atoms with Crippen LogP contribution >= 0.6 is 0 Å². The largest absolute Gasteiger partial charge is 0.392 e. The molecule has 1 atom stereocenters. The maximum Gasteiger partial charge on any atom is 0.392 e. The minimum atomic E-state index is -4.11. The van der Waals surface area contributed by atoms with Gasteiger partial charge in [0.25, 0.3) is 0 Å². The van der Waals surface area contributed by atoms with Crippen LogP contribution in [0, 0.1) is 12.8 Å². The summed E-state index contributed by atoms with van der Waals surface area (Å²) >= 11 is 0. The summed E-state index contributed by atoms with van der Waals surface area (Å²) in [6.07, 6.45) is -1.69. The van der Waals surface area contributed by atoms with E-state index in [2.05, 4.69) is 4.98 Å². The predicted octanol–water partition coefficient (Wildman–Crippen LogP) is 3.31. The Bertz CT molecular complexity index is 598. The Morgan fingerprint density at radius 1 is 1.39 bits per heavy atom. The first kappa shape index (κ1) is 11.6. The second kappa shape index (κ2) is 3.73. The van der Waals surface area contributed by atoms with Crippen LogP contribution in [0.2, 0.25) is 0 Å². The van der Waals surface area contributed by atoms with E-state index in [1.165, 1.54) is 0 Å². The molecule has 0 N–H and O–H groups in total. The zero-order chi connectivity index (χ0) is 12.9. The fourth-order valence-electron chi connectivity index (χ4n) is 2.64. The van der Waals surface area contributed by atoms with Crippen LogP contribution in [0.15, 0.2) is 18.3 Å². The summed E-state index contributed by atoms with van der Waals surface area (Å²) in [7, 11) is 0. The van der Waals surface area contributed by atoms with Crippen molar-refractivity contribution >= 4 is 5.65 Å². The Balaban J connectivity index is 2.10. The Labute approximate surface area is 102 Å². The normalized spacial score (nSPS) is 20.1. The maximum atomic E-state index is 12.8. The molecule has 2 heterocycles. The molecule has 0 amide bonds. The predicted molar refractivity (Wildman–Crippen MR) is 61.5 cm³/mol. The number of nitrogens with zero attached hydrogens (tertiary/aromatic N) is 2. The van der Waals surface area contributed by atoms with Gasteiger partial charge in [0.05, 0.1) is 11.6 Å². The van der Waals surface area contributed by atoms with E-state index in [1.807, 2.05) is 23.5 Å². The molecule has 2 aromatic heterocycles. The number of halogens is 3. The molecule has 2 nitrogen and oxygen atoms in total. The van der Waals surface area contributed by atoms with Gasteiger partial charge in [-0.2, -0.15) is 13.2 Å². The van der Waals surface area contributed by atoms with E-state index in [0.29, 0.717) is 6.42 Å². The lowest BCUT2D eigenvalue weighted by atomic mass is 9.89. The average molecular weight is 254 g/mol. The van der Waals surface area contributed by atoms with Crippen LogP contribution in [0.3, 0.4) is 0 Å². The maximum absolute atomic E-state index is 12.8. The first-order valence-corrected chi connectivity index (χ1v) is 5.99. The molecular formula is C13H13F3N2. The second-order valence-corrected chi connectivity index (χ2v) is 4.87. The summed E-state index contributed by atoms with van der Waals surface area (Å²) in [6.45, 7) is 1.93. The van der Waals surface area contributed by atoms with Crippen molar-refractivity contribution in [2.24, 2.45) is 5.92 Å². The van der Waals surface area contributed by atoms with Crippen LogP contribution in [-0.2, 0) is 12.8 Å². The van der Waals surface area contributed by atoms with Crippen molar-refractivity contribution in [2.75, 3.05) is 0 Å². The van der Waals surface area contributed by atoms with Gasteiger partial charge in [0.2, 0.25) is 0 Å². The standard InChI is InChI=1S/C13H13F3N2/c1-8-3-2-6-18-11-7-9(13(14,15)16)4-5-10(11)17-12(8)18/h2-3,6,9H,4-5,7H2,1H3. The van der Waals surface area contributed by atoms with Gasteiger partial charge in [-0.1, -0.05) is 6.07 Å². The third kappa shape index (κ3) is 1.69. The smallest absolute Gasteiger partial charge is 0.304 e. The number of aromatic nitrogens is 2. The van der Waals surface area contributed by atoms with Crippen molar-refractivity contribution in [3.05, 3.63) is 35.3 Å². The fraction of sp³-hybridized carbons (Fsp3) is 0.462. The molecule has 2 aromatic rings. The molecule has 1 unspecified atom stereocenters. The van der Waals surface area contributed by atoms with Crippen LogP contribution < -0.4 is 0 Å². The van der Waals surface area contributed by atoms with E-state index in [0.717, 1.165) is 22.6 Å². The van der Waals surface area contributed by atoms with Crippen molar-refractivity contribution in [1.29, 1.82) is 0 Å². The number of hydrogen-bond donors (Lipinski definition) is 0. The lowest BCUT2D eigenvalue weighted by molar-refractivity contribution is -0.177. The minimum Gasteiger partial charge on any atom is -0.304 e. The molecule has 1 aliphatic carbocycles. The lowest BCUT2D eigenvalue weighted by Crippen LogP contribution is -2.29. The molecule has 96 valence electrons. The molecule has 0 fully saturated rings. The van der Waals surface area contributed by atoms with Gasteiger partial charge in [0, 0.05) is 18.3 Å². The number of hydrogen-bond acceptors (Lipinski definition) is 1. The minimum absolute atomic E-state index is 0.0451. The Morgan fingerprint density at radius 3 is 2.89 bits per heavy atom. The van der Waals surface area contributed by atoms with Gasteiger partial charge in [-0.15, -0.1) is 0 Å². The topological polar surface area (TPSA) is 17.3 Å². The number of pyridine rings is 1. The molecule has 0 saturated carbocycles. The summed E-state index contributed by atoms with van der Waals surface area (Å²) in [4.78, 5) is 4.46. The Morgan fingerprint density at radius 2 is 2.17 bits per heavy atom.